The van der Waals surface area contributed by atoms with Crippen LogP contribution in [0.3, 0.4) is 0 Å². The van der Waals surface area contributed by atoms with Crippen molar-refractivity contribution in [2.24, 2.45) is 0 Å². The maximum atomic E-state index is 12.9. The van der Waals surface area contributed by atoms with Crippen molar-refractivity contribution in [3.05, 3.63) is 36.6 Å². The van der Waals surface area contributed by atoms with E-state index in [1.54, 1.807) is 36.6 Å². The van der Waals surface area contributed by atoms with Crippen molar-refractivity contribution in [2.45, 2.75) is 17.6 Å². The average Bonchev–Trinajstić information content (AvgIpc) is 3.30. The van der Waals surface area contributed by atoms with Crippen LogP contribution in [0.1, 0.15) is 12.8 Å². The molecule has 4 rings (SSSR count). The molecular formula is C18H22Cl2N4O4S. The highest BCUT2D eigenvalue weighted by atomic mass is 35.5. The van der Waals surface area contributed by atoms with Crippen molar-refractivity contribution in [3.63, 3.8) is 0 Å². The molecule has 1 aliphatic heterocycles. The molecule has 29 heavy (non-hydrogen) atoms. The van der Waals surface area contributed by atoms with Gasteiger partial charge in [0.15, 0.2) is 26.2 Å². The highest BCUT2D eigenvalue weighted by Crippen LogP contribution is 2.30. The predicted molar refractivity (Wildman–Crippen MR) is 117 cm³/mol. The quantitative estimate of drug-likeness (QED) is 0.550. The molecule has 0 aliphatic carbocycles. The van der Waals surface area contributed by atoms with E-state index in [2.05, 4.69) is 20.6 Å². The van der Waals surface area contributed by atoms with Crippen LogP contribution in [0, 0.1) is 0 Å². The second kappa shape index (κ2) is 8.74. The van der Waals surface area contributed by atoms with Gasteiger partial charge in [-0.3, -0.25) is 4.79 Å². The Morgan fingerprint density at radius 3 is 2.55 bits per heavy atom. The van der Waals surface area contributed by atoms with E-state index in [1.165, 1.54) is 0 Å². The van der Waals surface area contributed by atoms with Gasteiger partial charge in [0.2, 0.25) is 5.91 Å². The molecular weight excluding hydrogens is 439 g/mol. The van der Waals surface area contributed by atoms with Crippen LogP contribution in [-0.2, 0) is 14.6 Å². The molecule has 158 valence electrons. The summed E-state index contributed by atoms with van der Waals surface area (Å²) in [6, 6.07) is 8.79. The standard InChI is InChI=1S/C18H20N4O4S.2ClH/c1-27(24,25)18(6-8-19-9-7-18)17(23)20-12-4-5-13-14(11-12)22-16(21-13)15-3-2-10-26-15;;/h2-5,10-11,19H,6-9H2,1H3,(H,20,23)(H,21,22);2*1H. The molecule has 11 heteroatoms. The number of carbonyl (C=O) groups is 1. The lowest BCUT2D eigenvalue weighted by atomic mass is 9.95. The lowest BCUT2D eigenvalue weighted by Gasteiger charge is -2.34. The molecule has 3 heterocycles. The third-order valence-corrected chi connectivity index (χ3v) is 7.04. The number of aromatic amines is 1. The van der Waals surface area contributed by atoms with Gasteiger partial charge in [-0.05, 0) is 56.3 Å². The van der Waals surface area contributed by atoms with Gasteiger partial charge in [0.1, 0.15) is 0 Å². The number of nitrogens with zero attached hydrogens (tertiary/aromatic N) is 1. The molecule has 1 fully saturated rings. The van der Waals surface area contributed by atoms with Crippen molar-refractivity contribution < 1.29 is 17.6 Å². The fourth-order valence-corrected chi connectivity index (χ4v) is 4.79. The topological polar surface area (TPSA) is 117 Å². The maximum Gasteiger partial charge on any atom is 0.245 e. The smallest absolute Gasteiger partial charge is 0.245 e. The number of benzene rings is 1. The van der Waals surface area contributed by atoms with Crippen LogP contribution in [0.15, 0.2) is 41.0 Å². The Bertz CT molecular complexity index is 1090. The van der Waals surface area contributed by atoms with Crippen LogP contribution in [0.2, 0.25) is 0 Å². The number of rotatable bonds is 4. The zero-order valence-electron chi connectivity index (χ0n) is 15.6. The Kier molecular flexibility index (Phi) is 7.00. The molecule has 1 aromatic carbocycles. The Morgan fingerprint density at radius 1 is 1.21 bits per heavy atom. The van der Waals surface area contributed by atoms with Crippen molar-refractivity contribution in [2.75, 3.05) is 24.7 Å². The van der Waals surface area contributed by atoms with Gasteiger partial charge in [0.05, 0.1) is 17.3 Å². The van der Waals surface area contributed by atoms with Crippen molar-refractivity contribution in [1.82, 2.24) is 15.3 Å². The minimum absolute atomic E-state index is 0. The van der Waals surface area contributed by atoms with Gasteiger partial charge in [-0.1, -0.05) is 0 Å². The molecule has 8 nitrogen and oxygen atoms in total. The van der Waals surface area contributed by atoms with Gasteiger partial charge in [-0.25, -0.2) is 13.4 Å². The summed E-state index contributed by atoms with van der Waals surface area (Å²) in [7, 11) is -3.56. The normalized spacial score (nSPS) is 15.9. The van der Waals surface area contributed by atoms with Crippen LogP contribution in [-0.4, -0.2) is 48.4 Å². The summed E-state index contributed by atoms with van der Waals surface area (Å²) in [5.41, 5.74) is 1.96. The fraction of sp³-hybridized carbons (Fsp3) is 0.333. The number of sulfone groups is 1. The van der Waals surface area contributed by atoms with Gasteiger partial charge < -0.3 is 20.0 Å². The highest BCUT2D eigenvalue weighted by molar-refractivity contribution is 7.92. The second-order valence-electron chi connectivity index (χ2n) is 6.77. The first-order valence-electron chi connectivity index (χ1n) is 8.64. The van der Waals surface area contributed by atoms with Gasteiger partial charge in [0.25, 0.3) is 0 Å². The van der Waals surface area contributed by atoms with E-state index in [1.807, 2.05) is 0 Å². The molecule has 3 N–H and O–H groups in total. The fourth-order valence-electron chi connectivity index (χ4n) is 3.46. The number of carbonyl (C=O) groups excluding carboxylic acids is 1. The third-order valence-electron chi connectivity index (χ3n) is 5.03. The number of H-pyrrole nitrogens is 1. The summed E-state index contributed by atoms with van der Waals surface area (Å²) in [5, 5.41) is 5.88. The Hall–Kier alpha value is -2.07. The van der Waals surface area contributed by atoms with Crippen molar-refractivity contribution in [1.29, 1.82) is 0 Å². The van der Waals surface area contributed by atoms with Crippen molar-refractivity contribution >= 4 is 57.3 Å². The minimum Gasteiger partial charge on any atom is -0.461 e. The van der Waals surface area contributed by atoms with Gasteiger partial charge in [-0.2, -0.15) is 0 Å². The molecule has 0 saturated carbocycles. The SMILES string of the molecule is CS(=O)(=O)C1(C(=O)Nc2ccc3nc(-c4ccco4)[nH]c3c2)CCNCC1.Cl.Cl. The number of nitrogens with one attached hydrogen (secondary N) is 3. The van der Waals surface area contributed by atoms with E-state index in [4.69, 9.17) is 4.42 Å². The predicted octanol–water partition coefficient (Wildman–Crippen LogP) is 2.77. The molecule has 3 aromatic rings. The van der Waals surface area contributed by atoms with Crippen LogP contribution >= 0.6 is 24.8 Å². The molecule has 0 unspecified atom stereocenters. The summed E-state index contributed by atoms with van der Waals surface area (Å²) < 4.78 is 28.7. The third kappa shape index (κ3) is 4.28. The highest BCUT2D eigenvalue weighted by Gasteiger charge is 2.48. The summed E-state index contributed by atoms with van der Waals surface area (Å²) in [4.78, 5) is 20.5. The Balaban J connectivity index is 0.00000150. The zero-order valence-corrected chi connectivity index (χ0v) is 18.0. The number of anilines is 1. The number of aromatic nitrogens is 2. The summed E-state index contributed by atoms with van der Waals surface area (Å²) in [5.74, 6) is 0.712. The van der Waals surface area contributed by atoms with Crippen LogP contribution < -0.4 is 10.6 Å². The molecule has 1 aliphatic rings. The van der Waals surface area contributed by atoms with Gasteiger partial charge in [0, 0.05) is 11.9 Å². The number of piperidine rings is 1. The summed E-state index contributed by atoms with van der Waals surface area (Å²) >= 11 is 0. The molecule has 2 aromatic heterocycles. The van der Waals surface area contributed by atoms with E-state index in [0.29, 0.717) is 30.4 Å². The summed E-state index contributed by atoms with van der Waals surface area (Å²) in [6.45, 7) is 0.985. The molecule has 0 radical (unpaired) electrons. The number of halogens is 2. The van der Waals surface area contributed by atoms with E-state index in [9.17, 15) is 13.2 Å². The zero-order chi connectivity index (χ0) is 19.1. The maximum absolute atomic E-state index is 12.9. The van der Waals surface area contributed by atoms with Crippen LogP contribution in [0.4, 0.5) is 5.69 Å². The van der Waals surface area contributed by atoms with E-state index in [0.717, 1.165) is 17.3 Å². The van der Waals surface area contributed by atoms with Crippen LogP contribution in [0.5, 0.6) is 0 Å². The largest absolute Gasteiger partial charge is 0.461 e. The molecule has 0 spiro atoms. The second-order valence-corrected chi connectivity index (χ2v) is 9.09. The van der Waals surface area contributed by atoms with Crippen LogP contribution in [0.25, 0.3) is 22.6 Å². The van der Waals surface area contributed by atoms with Gasteiger partial charge >= 0.3 is 0 Å². The molecule has 1 amide bonds. The van der Waals surface area contributed by atoms with E-state index in [-0.39, 0.29) is 37.7 Å². The number of amides is 1. The Labute approximate surface area is 180 Å². The van der Waals surface area contributed by atoms with E-state index < -0.39 is 20.5 Å². The number of imidazole rings is 1. The number of furan rings is 1. The molecule has 1 saturated heterocycles. The summed E-state index contributed by atoms with van der Waals surface area (Å²) in [6.07, 6.45) is 3.21. The lowest BCUT2D eigenvalue weighted by molar-refractivity contribution is -0.119. The van der Waals surface area contributed by atoms with Crippen molar-refractivity contribution in [3.8, 4) is 11.6 Å². The first kappa shape index (κ1) is 23.2. The molecule has 0 bridgehead atoms. The number of hydrogen-bond acceptors (Lipinski definition) is 6. The average molecular weight is 461 g/mol. The van der Waals surface area contributed by atoms with Gasteiger partial charge in [-0.15, -0.1) is 24.8 Å². The first-order chi connectivity index (χ1) is 12.9. The lowest BCUT2D eigenvalue weighted by Crippen LogP contribution is -2.55. The number of hydrogen-bond donors (Lipinski definition) is 3. The minimum atomic E-state index is -3.56. The number of fused-ring (bicyclic) bond motifs is 1. The Morgan fingerprint density at radius 2 is 1.93 bits per heavy atom. The molecule has 0 atom stereocenters. The monoisotopic (exact) mass is 460 g/mol. The van der Waals surface area contributed by atoms with E-state index >= 15 is 0 Å². The first-order valence-corrected chi connectivity index (χ1v) is 10.5.